The van der Waals surface area contributed by atoms with Gasteiger partial charge < -0.3 is 21.7 Å². The van der Waals surface area contributed by atoms with Crippen LogP contribution in [0.2, 0.25) is 0 Å². The van der Waals surface area contributed by atoms with Gasteiger partial charge in [-0.3, -0.25) is 9.59 Å². The Hall–Kier alpha value is -0.0900. The summed E-state index contributed by atoms with van der Waals surface area (Å²) < 4.78 is 0. The number of rotatable bonds is 7. The Bertz CT molecular complexity index is 195. The summed E-state index contributed by atoms with van der Waals surface area (Å²) in [5, 5.41) is 16.8. The van der Waals surface area contributed by atoms with Crippen LogP contribution in [0.1, 0.15) is 0 Å². The molecule has 0 aliphatic carbocycles. The summed E-state index contributed by atoms with van der Waals surface area (Å²) in [6.07, 6.45) is 0. The fourth-order valence-corrected chi connectivity index (χ4v) is 2.61. The van der Waals surface area contributed by atoms with E-state index in [0.717, 1.165) is 0 Å². The second kappa shape index (κ2) is 9.16. The SMILES string of the molecule is N[C@@H](CSSC[C@H](N)C(=O)O)C(=O)O.[S]. The Morgan fingerprint density at radius 2 is 1.27 bits per heavy atom. The Morgan fingerprint density at radius 1 is 1.00 bits per heavy atom. The summed E-state index contributed by atoms with van der Waals surface area (Å²) in [6.45, 7) is 0. The molecular formula is C6H12N2O4S3. The Balaban J connectivity index is 0. The number of carboxylic acid groups (broad SMARTS) is 2. The summed E-state index contributed by atoms with van der Waals surface area (Å²) in [4.78, 5) is 20.5. The van der Waals surface area contributed by atoms with Crippen LogP contribution in [-0.2, 0) is 9.59 Å². The standard InChI is InChI=1S/C6H12N2O4S2.S/c7-3(5(9)10)1-13-14-2-4(8)6(11)12;/h3-4H,1-2,7-8H2,(H,9,10)(H,11,12);/t3-,4-;/m0./s1. The number of carbonyl (C=O) groups is 2. The van der Waals surface area contributed by atoms with Crippen LogP contribution in [0.25, 0.3) is 0 Å². The molecule has 0 fully saturated rings. The minimum atomic E-state index is -1.07. The van der Waals surface area contributed by atoms with Crippen molar-refractivity contribution in [1.82, 2.24) is 0 Å². The smallest absolute Gasteiger partial charge is 0.321 e. The van der Waals surface area contributed by atoms with Crippen LogP contribution in [-0.4, -0.2) is 45.7 Å². The molecule has 0 unspecified atom stereocenters. The molecule has 0 aliphatic rings. The van der Waals surface area contributed by atoms with Crippen LogP contribution in [0, 0.1) is 0 Å². The number of hydrogen-bond acceptors (Lipinski definition) is 6. The first kappa shape index (κ1) is 17.3. The third-order valence-corrected chi connectivity index (χ3v) is 3.69. The van der Waals surface area contributed by atoms with Crippen LogP contribution in [0.5, 0.6) is 0 Å². The third-order valence-electron chi connectivity index (χ3n) is 1.21. The van der Waals surface area contributed by atoms with E-state index in [-0.39, 0.29) is 25.0 Å². The molecule has 0 amide bonds. The van der Waals surface area contributed by atoms with Crippen molar-refractivity contribution in [2.24, 2.45) is 11.5 Å². The maximum Gasteiger partial charge on any atom is 0.321 e. The molecule has 0 saturated carbocycles. The van der Waals surface area contributed by atoms with E-state index in [9.17, 15) is 9.59 Å². The molecule has 6 N–H and O–H groups in total. The third kappa shape index (κ3) is 8.88. The van der Waals surface area contributed by atoms with Gasteiger partial charge in [-0.2, -0.15) is 0 Å². The van der Waals surface area contributed by atoms with Crippen molar-refractivity contribution >= 4 is 47.0 Å². The molecule has 0 rings (SSSR count). The second-order valence-corrected chi connectivity index (χ2v) is 5.01. The van der Waals surface area contributed by atoms with Crippen molar-refractivity contribution in [3.05, 3.63) is 0 Å². The monoisotopic (exact) mass is 272 g/mol. The second-order valence-electron chi connectivity index (χ2n) is 2.46. The largest absolute Gasteiger partial charge is 0.480 e. The van der Waals surface area contributed by atoms with Gasteiger partial charge in [-0.05, 0) is 0 Å². The highest BCUT2D eigenvalue weighted by Crippen LogP contribution is 2.22. The highest BCUT2D eigenvalue weighted by Gasteiger charge is 2.14. The summed E-state index contributed by atoms with van der Waals surface area (Å²) >= 11 is 0. The van der Waals surface area contributed by atoms with E-state index in [1.165, 1.54) is 21.6 Å². The molecule has 0 saturated heterocycles. The van der Waals surface area contributed by atoms with Gasteiger partial charge in [0.25, 0.3) is 0 Å². The van der Waals surface area contributed by atoms with Gasteiger partial charge in [0.1, 0.15) is 12.1 Å². The van der Waals surface area contributed by atoms with Crippen molar-refractivity contribution in [2.45, 2.75) is 12.1 Å². The fourth-order valence-electron chi connectivity index (χ4n) is 0.385. The average molecular weight is 272 g/mol. The van der Waals surface area contributed by atoms with Gasteiger partial charge in [0.15, 0.2) is 0 Å². The van der Waals surface area contributed by atoms with Gasteiger partial charge in [0.05, 0.1) is 0 Å². The number of aliphatic carboxylic acids is 2. The molecule has 0 aromatic heterocycles. The molecule has 0 bridgehead atoms. The zero-order valence-electron chi connectivity index (χ0n) is 7.66. The van der Waals surface area contributed by atoms with E-state index >= 15 is 0 Å². The summed E-state index contributed by atoms with van der Waals surface area (Å²) in [5.74, 6) is -1.68. The first-order valence-electron chi connectivity index (χ1n) is 3.66. The predicted octanol–water partition coefficient (Wildman–Crippen LogP) is -0.160. The van der Waals surface area contributed by atoms with Crippen LogP contribution < -0.4 is 11.5 Å². The maximum atomic E-state index is 10.3. The lowest BCUT2D eigenvalue weighted by atomic mass is 10.4. The first-order valence-corrected chi connectivity index (χ1v) is 6.15. The molecule has 2 radical (unpaired) electrons. The lowest BCUT2D eigenvalue weighted by Crippen LogP contribution is -2.33. The van der Waals surface area contributed by atoms with Gasteiger partial charge in [-0.1, -0.05) is 21.6 Å². The van der Waals surface area contributed by atoms with E-state index < -0.39 is 24.0 Å². The molecule has 15 heavy (non-hydrogen) atoms. The van der Waals surface area contributed by atoms with Crippen LogP contribution in [0.15, 0.2) is 0 Å². The highest BCUT2D eigenvalue weighted by molar-refractivity contribution is 8.76. The minimum absolute atomic E-state index is 0. The Morgan fingerprint density at radius 3 is 1.47 bits per heavy atom. The van der Waals surface area contributed by atoms with Crippen LogP contribution in [0.3, 0.4) is 0 Å². The molecule has 0 heterocycles. The molecular weight excluding hydrogens is 260 g/mol. The Kier molecular flexibility index (Phi) is 10.6. The number of nitrogens with two attached hydrogens (primary N) is 2. The van der Waals surface area contributed by atoms with E-state index in [1.807, 2.05) is 0 Å². The zero-order chi connectivity index (χ0) is 11.1. The summed E-state index contributed by atoms with van der Waals surface area (Å²) in [6, 6.07) is -1.85. The predicted molar refractivity (Wildman–Crippen MR) is 63.7 cm³/mol. The molecule has 88 valence electrons. The minimum Gasteiger partial charge on any atom is -0.480 e. The van der Waals surface area contributed by atoms with Crippen molar-refractivity contribution in [2.75, 3.05) is 11.5 Å². The number of hydrogen-bond donors (Lipinski definition) is 4. The lowest BCUT2D eigenvalue weighted by Gasteiger charge is -2.07. The first-order chi connectivity index (χ1) is 6.45. The van der Waals surface area contributed by atoms with E-state index in [4.69, 9.17) is 21.7 Å². The van der Waals surface area contributed by atoms with Gasteiger partial charge in [0, 0.05) is 25.0 Å². The van der Waals surface area contributed by atoms with Crippen molar-refractivity contribution in [3.8, 4) is 0 Å². The van der Waals surface area contributed by atoms with E-state index in [2.05, 4.69) is 0 Å². The van der Waals surface area contributed by atoms with Gasteiger partial charge >= 0.3 is 11.9 Å². The van der Waals surface area contributed by atoms with Crippen LogP contribution >= 0.6 is 35.1 Å². The topological polar surface area (TPSA) is 127 Å². The molecule has 0 aromatic carbocycles. The maximum absolute atomic E-state index is 10.3. The van der Waals surface area contributed by atoms with Crippen molar-refractivity contribution < 1.29 is 19.8 Å². The van der Waals surface area contributed by atoms with Gasteiger partial charge in [-0.15, -0.1) is 0 Å². The van der Waals surface area contributed by atoms with E-state index in [1.54, 1.807) is 0 Å². The Labute approximate surface area is 102 Å². The summed E-state index contributed by atoms with van der Waals surface area (Å²) in [7, 11) is 2.41. The molecule has 6 nitrogen and oxygen atoms in total. The van der Waals surface area contributed by atoms with Crippen molar-refractivity contribution in [1.29, 1.82) is 0 Å². The lowest BCUT2D eigenvalue weighted by molar-refractivity contribution is -0.138. The van der Waals surface area contributed by atoms with Gasteiger partial charge in [0.2, 0.25) is 0 Å². The van der Waals surface area contributed by atoms with E-state index in [0.29, 0.717) is 0 Å². The summed E-state index contributed by atoms with van der Waals surface area (Å²) in [5.41, 5.74) is 10.4. The normalized spacial score (nSPS) is 13.7. The van der Waals surface area contributed by atoms with Gasteiger partial charge in [-0.25, -0.2) is 0 Å². The molecule has 0 aliphatic heterocycles. The fraction of sp³-hybridized carbons (Fsp3) is 0.667. The van der Waals surface area contributed by atoms with Crippen molar-refractivity contribution in [3.63, 3.8) is 0 Å². The number of carboxylic acids is 2. The zero-order valence-corrected chi connectivity index (χ0v) is 10.1. The van der Waals surface area contributed by atoms with Crippen LogP contribution in [0.4, 0.5) is 0 Å². The molecule has 2 atom stereocenters. The quantitative estimate of drug-likeness (QED) is 0.372. The molecule has 0 aromatic rings. The molecule has 0 spiro atoms. The average Bonchev–Trinajstić information content (AvgIpc) is 2.11. The molecule has 9 heteroatoms. The highest BCUT2D eigenvalue weighted by atomic mass is 33.1.